The molecule has 0 bridgehead atoms. The van der Waals surface area contributed by atoms with Crippen molar-refractivity contribution in [2.75, 3.05) is 13.2 Å². The lowest BCUT2D eigenvalue weighted by Crippen LogP contribution is -2.10. The number of rotatable bonds is 8. The first-order valence-electron chi connectivity index (χ1n) is 11.4. The summed E-state index contributed by atoms with van der Waals surface area (Å²) in [7, 11) is 0. The van der Waals surface area contributed by atoms with Crippen LogP contribution in [0.3, 0.4) is 0 Å². The highest BCUT2D eigenvalue weighted by molar-refractivity contribution is 5.79. The molecule has 0 aliphatic heterocycles. The zero-order valence-corrected chi connectivity index (χ0v) is 20.0. The zero-order chi connectivity index (χ0) is 25.5. The number of fused-ring (bicyclic) bond motifs is 1. The Morgan fingerprint density at radius 1 is 1.06 bits per heavy atom. The van der Waals surface area contributed by atoms with Crippen molar-refractivity contribution in [2.24, 2.45) is 0 Å². The van der Waals surface area contributed by atoms with Crippen molar-refractivity contribution in [1.29, 1.82) is 0 Å². The molecule has 1 unspecified atom stereocenters. The maximum absolute atomic E-state index is 13.3. The van der Waals surface area contributed by atoms with Crippen LogP contribution in [-0.2, 0) is 4.79 Å². The van der Waals surface area contributed by atoms with Crippen LogP contribution >= 0.6 is 0 Å². The number of hydrogen-bond donors (Lipinski definition) is 1. The van der Waals surface area contributed by atoms with Gasteiger partial charge in [-0.3, -0.25) is 0 Å². The van der Waals surface area contributed by atoms with Crippen LogP contribution in [-0.4, -0.2) is 24.3 Å². The highest BCUT2D eigenvalue weighted by Gasteiger charge is 2.09. The van der Waals surface area contributed by atoms with E-state index < -0.39 is 12.6 Å². The van der Waals surface area contributed by atoms with Crippen LogP contribution < -0.4 is 9.47 Å². The maximum Gasteiger partial charge on any atom is 0.341 e. The molecule has 5 nitrogen and oxygen atoms in total. The number of aliphatic carboxylic acids is 1. The van der Waals surface area contributed by atoms with Crippen molar-refractivity contribution in [2.45, 2.75) is 19.8 Å². The van der Waals surface area contributed by atoms with E-state index in [-0.39, 0.29) is 11.7 Å². The topological polar surface area (TPSA) is 68.9 Å². The van der Waals surface area contributed by atoms with Crippen LogP contribution in [0.5, 0.6) is 11.5 Å². The van der Waals surface area contributed by atoms with Crippen LogP contribution in [0.4, 0.5) is 4.39 Å². The smallest absolute Gasteiger partial charge is 0.341 e. The molecule has 0 amide bonds. The minimum absolute atomic E-state index is 0.216. The lowest BCUT2D eigenvalue weighted by Gasteiger charge is -2.10. The summed E-state index contributed by atoms with van der Waals surface area (Å²) in [6.45, 7) is 3.66. The number of carboxylic acid groups (broad SMARTS) is 1. The predicted molar refractivity (Wildman–Crippen MR) is 136 cm³/mol. The number of hydrogen-bond acceptors (Lipinski definition) is 4. The molecule has 0 spiro atoms. The summed E-state index contributed by atoms with van der Waals surface area (Å²) in [5.41, 5.74) is 3.33. The molecule has 0 saturated heterocycles. The number of halogens is 1. The quantitative estimate of drug-likeness (QED) is 0.231. The number of allylic oxidation sites excluding steroid dienone is 1. The zero-order valence-electron chi connectivity index (χ0n) is 20.0. The third-order valence-electron chi connectivity index (χ3n) is 5.41. The summed E-state index contributed by atoms with van der Waals surface area (Å²) >= 11 is 0. The monoisotopic (exact) mass is 484 g/mol. The molecule has 1 N–H and O–H groups in total. The summed E-state index contributed by atoms with van der Waals surface area (Å²) in [5.74, 6) is 6.84. The van der Waals surface area contributed by atoms with E-state index >= 15 is 0 Å². The minimum atomic E-state index is -1.03. The van der Waals surface area contributed by atoms with E-state index in [0.717, 1.165) is 33.4 Å². The second kappa shape index (κ2) is 11.3. The second-order valence-electron chi connectivity index (χ2n) is 8.26. The van der Waals surface area contributed by atoms with Crippen molar-refractivity contribution in [3.05, 3.63) is 107 Å². The van der Waals surface area contributed by atoms with Gasteiger partial charge in [-0.1, -0.05) is 24.0 Å². The number of furan rings is 1. The first kappa shape index (κ1) is 24.6. The van der Waals surface area contributed by atoms with Gasteiger partial charge in [0.15, 0.2) is 6.61 Å². The third kappa shape index (κ3) is 6.55. The molecule has 6 heteroatoms. The van der Waals surface area contributed by atoms with Crippen LogP contribution in [0.25, 0.3) is 11.0 Å². The number of aryl methyl sites for hydroxylation is 2. The van der Waals surface area contributed by atoms with Gasteiger partial charge in [0.2, 0.25) is 0 Å². The Kier molecular flexibility index (Phi) is 7.72. The van der Waals surface area contributed by atoms with Gasteiger partial charge in [0.25, 0.3) is 0 Å². The van der Waals surface area contributed by atoms with E-state index in [1.54, 1.807) is 30.3 Å². The fraction of sp³-hybridized carbons (Fsp3) is 0.167. The fourth-order valence-electron chi connectivity index (χ4n) is 3.67. The average Bonchev–Trinajstić information content (AvgIpc) is 3.23. The van der Waals surface area contributed by atoms with Crippen molar-refractivity contribution in [1.82, 2.24) is 0 Å². The summed E-state index contributed by atoms with van der Waals surface area (Å²) in [5, 5.41) is 9.77. The van der Waals surface area contributed by atoms with E-state index in [1.165, 1.54) is 12.1 Å². The van der Waals surface area contributed by atoms with Crippen molar-refractivity contribution in [3.63, 3.8) is 0 Å². The van der Waals surface area contributed by atoms with Gasteiger partial charge >= 0.3 is 5.97 Å². The molecule has 0 radical (unpaired) electrons. The number of benzene rings is 3. The lowest BCUT2D eigenvalue weighted by molar-refractivity contribution is -0.139. The summed E-state index contributed by atoms with van der Waals surface area (Å²) in [4.78, 5) is 10.7. The first-order valence-corrected chi connectivity index (χ1v) is 11.4. The predicted octanol–water partition coefficient (Wildman–Crippen LogP) is 6.42. The minimum Gasteiger partial charge on any atom is -0.490 e. The van der Waals surface area contributed by atoms with Crippen molar-refractivity contribution >= 4 is 16.9 Å². The Labute approximate surface area is 208 Å². The maximum atomic E-state index is 13.3. The van der Waals surface area contributed by atoms with Gasteiger partial charge in [-0.2, -0.15) is 0 Å². The van der Waals surface area contributed by atoms with Crippen molar-refractivity contribution in [3.8, 4) is 23.3 Å². The Balaban J connectivity index is 1.49. The van der Waals surface area contributed by atoms with E-state index in [9.17, 15) is 9.18 Å². The van der Waals surface area contributed by atoms with E-state index in [0.29, 0.717) is 18.1 Å². The summed E-state index contributed by atoms with van der Waals surface area (Å²) in [6.07, 6.45) is 3.88. The Morgan fingerprint density at radius 2 is 1.86 bits per heavy atom. The molecule has 0 fully saturated rings. The van der Waals surface area contributed by atoms with Gasteiger partial charge in [-0.05, 0) is 91.7 Å². The number of carboxylic acids is 1. The Bertz CT molecular complexity index is 1450. The molecular formula is C30H25FO5. The van der Waals surface area contributed by atoms with Gasteiger partial charge in [-0.25, -0.2) is 9.18 Å². The Morgan fingerprint density at radius 3 is 2.61 bits per heavy atom. The van der Waals surface area contributed by atoms with Crippen LogP contribution in [0.1, 0.15) is 28.4 Å². The summed E-state index contributed by atoms with van der Waals surface area (Å²) in [6, 6.07) is 19.3. The van der Waals surface area contributed by atoms with Gasteiger partial charge in [0.1, 0.15) is 35.3 Å². The van der Waals surface area contributed by atoms with E-state index in [1.807, 2.05) is 44.2 Å². The van der Waals surface area contributed by atoms with Gasteiger partial charge in [-0.15, -0.1) is 0 Å². The van der Waals surface area contributed by atoms with Crippen LogP contribution in [0.15, 0.2) is 83.3 Å². The molecule has 1 aromatic heterocycles. The molecule has 0 aliphatic carbocycles. The highest BCUT2D eigenvalue weighted by atomic mass is 19.1. The molecule has 36 heavy (non-hydrogen) atoms. The van der Waals surface area contributed by atoms with E-state index in [4.69, 9.17) is 19.0 Å². The molecule has 4 rings (SSSR count). The second-order valence-corrected chi connectivity index (χ2v) is 8.26. The summed E-state index contributed by atoms with van der Waals surface area (Å²) < 4.78 is 30.0. The third-order valence-corrected chi connectivity index (χ3v) is 5.41. The molecule has 0 saturated carbocycles. The SMILES string of the molecule is Cc1cc2cc(C(C#Cc3ccc(F)cc3)/C=C\COc3ccc(OCC(=O)O)c(C)c3)ccc2o1. The standard InChI is InChI=1S/C30H25FO5/c1-20-16-27(12-14-28(20)35-19-30(32)33)34-15-3-4-23(8-5-22-6-10-26(31)11-7-22)24-9-13-29-25(18-24)17-21(2)36-29/h3-4,6-7,9-14,16-18,23H,15,19H2,1-2H3,(H,32,33)/b4-3-. The fourth-order valence-corrected chi connectivity index (χ4v) is 3.67. The number of carbonyl (C=O) groups is 1. The molecule has 3 aromatic carbocycles. The lowest BCUT2D eigenvalue weighted by atomic mass is 9.97. The van der Waals surface area contributed by atoms with Gasteiger partial charge in [0.05, 0.1) is 5.92 Å². The average molecular weight is 485 g/mol. The first-order chi connectivity index (χ1) is 17.4. The van der Waals surface area contributed by atoms with Gasteiger partial charge in [0, 0.05) is 10.9 Å². The van der Waals surface area contributed by atoms with Crippen molar-refractivity contribution < 1.29 is 28.2 Å². The van der Waals surface area contributed by atoms with E-state index in [2.05, 4.69) is 17.9 Å². The molecule has 0 aliphatic rings. The molecule has 1 heterocycles. The molecular weight excluding hydrogens is 459 g/mol. The van der Waals surface area contributed by atoms with Crippen LogP contribution in [0.2, 0.25) is 0 Å². The van der Waals surface area contributed by atoms with Crippen LogP contribution in [0, 0.1) is 31.5 Å². The molecule has 4 aromatic rings. The Hall–Kier alpha value is -4.50. The molecule has 1 atom stereocenters. The molecule has 182 valence electrons. The largest absolute Gasteiger partial charge is 0.490 e. The highest BCUT2D eigenvalue weighted by Crippen LogP contribution is 2.26. The van der Waals surface area contributed by atoms with Gasteiger partial charge < -0.3 is 19.0 Å². The number of ether oxygens (including phenoxy) is 2. The normalized spacial score (nSPS) is 11.8.